The van der Waals surface area contributed by atoms with Gasteiger partial charge in [-0.25, -0.2) is 0 Å². The first-order chi connectivity index (χ1) is 7.45. The number of nitrogens with two attached hydrogens (primary N) is 2. The third-order valence-electron chi connectivity index (χ3n) is 2.39. The highest BCUT2D eigenvalue weighted by Crippen LogP contribution is 2.23. The van der Waals surface area contributed by atoms with Crippen LogP contribution in [0, 0.1) is 0 Å². The van der Waals surface area contributed by atoms with Gasteiger partial charge in [-0.3, -0.25) is 9.48 Å². The smallest absolute Gasteiger partial charge is 0.219 e. The number of anilines is 2. The van der Waals surface area contributed by atoms with Crippen LogP contribution in [0.25, 0.3) is 0 Å². The van der Waals surface area contributed by atoms with Crippen molar-refractivity contribution in [2.75, 3.05) is 11.1 Å². The molecule has 1 unspecified atom stereocenters. The number of carbonyl (C=O) groups is 1. The summed E-state index contributed by atoms with van der Waals surface area (Å²) in [5, 5.41) is 7.41. The van der Waals surface area contributed by atoms with Gasteiger partial charge in [-0.15, -0.1) is 0 Å². The zero-order valence-corrected chi connectivity index (χ0v) is 9.95. The molecule has 1 rings (SSSR count). The van der Waals surface area contributed by atoms with Gasteiger partial charge in [-0.05, 0) is 13.3 Å². The number of nitrogens with zero attached hydrogens (tertiary/aromatic N) is 2. The molecule has 1 atom stereocenters. The molecule has 0 aromatic carbocycles. The fraction of sp³-hybridized carbons (Fsp3) is 0.600. The topological polar surface area (TPSA) is 99.0 Å². The van der Waals surface area contributed by atoms with E-state index in [1.165, 1.54) is 0 Å². The lowest BCUT2D eigenvalue weighted by molar-refractivity contribution is -0.118. The fourth-order valence-electron chi connectivity index (χ4n) is 1.61. The number of nitrogens with one attached hydrogen (secondary N) is 1. The second kappa shape index (κ2) is 4.87. The molecule has 1 heterocycles. The number of hydrogen-bond acceptors (Lipinski definition) is 4. The summed E-state index contributed by atoms with van der Waals surface area (Å²) >= 11 is 0. The van der Waals surface area contributed by atoms with Crippen LogP contribution >= 0.6 is 0 Å². The van der Waals surface area contributed by atoms with E-state index in [0.29, 0.717) is 5.69 Å². The first kappa shape index (κ1) is 12.4. The number of hydrogen-bond donors (Lipinski definition) is 3. The molecular formula is C10H19N5O. The Morgan fingerprint density at radius 1 is 1.62 bits per heavy atom. The molecule has 0 aliphatic heterocycles. The third kappa shape index (κ3) is 2.65. The highest BCUT2D eigenvalue weighted by atomic mass is 16.1. The van der Waals surface area contributed by atoms with Gasteiger partial charge in [0.25, 0.3) is 0 Å². The molecule has 6 nitrogen and oxygen atoms in total. The Balaban J connectivity index is 2.80. The largest absolute Gasteiger partial charge is 0.394 e. The number of nitrogen functional groups attached to an aromatic ring is 1. The van der Waals surface area contributed by atoms with Crippen molar-refractivity contribution >= 4 is 17.4 Å². The molecule has 0 saturated heterocycles. The number of rotatable bonds is 5. The molecule has 0 radical (unpaired) electrons. The van der Waals surface area contributed by atoms with Gasteiger partial charge in [0, 0.05) is 19.5 Å². The molecule has 1 aromatic heterocycles. The van der Waals surface area contributed by atoms with Crippen LogP contribution in [-0.4, -0.2) is 21.7 Å². The van der Waals surface area contributed by atoms with Crippen LogP contribution in [0.3, 0.4) is 0 Å². The van der Waals surface area contributed by atoms with Crippen LogP contribution in [0.4, 0.5) is 11.5 Å². The summed E-state index contributed by atoms with van der Waals surface area (Å²) in [7, 11) is 1.81. The standard InChI is InChI=1S/C10H19N5O/c1-4-7-9(12)10(15(3)14-7)13-6(2)5-8(11)16/h6,13H,4-5,12H2,1-3H3,(H2,11,16). The van der Waals surface area contributed by atoms with E-state index in [4.69, 9.17) is 11.5 Å². The van der Waals surface area contributed by atoms with Crippen molar-refractivity contribution < 1.29 is 4.79 Å². The zero-order valence-electron chi connectivity index (χ0n) is 9.95. The van der Waals surface area contributed by atoms with Gasteiger partial charge in [0.1, 0.15) is 5.82 Å². The van der Waals surface area contributed by atoms with Gasteiger partial charge in [0.2, 0.25) is 5.91 Å². The monoisotopic (exact) mass is 225 g/mol. The summed E-state index contributed by atoms with van der Waals surface area (Å²) < 4.78 is 1.69. The minimum absolute atomic E-state index is 0.0556. The Bertz CT molecular complexity index is 385. The number of amides is 1. The molecule has 0 saturated carbocycles. The summed E-state index contributed by atoms with van der Waals surface area (Å²) in [6.45, 7) is 3.87. The molecule has 1 amide bonds. The molecule has 0 aliphatic carbocycles. The Morgan fingerprint density at radius 3 is 2.69 bits per heavy atom. The molecule has 90 valence electrons. The van der Waals surface area contributed by atoms with E-state index in [2.05, 4.69) is 10.4 Å². The summed E-state index contributed by atoms with van der Waals surface area (Å²) in [5.74, 6) is 0.405. The van der Waals surface area contributed by atoms with E-state index < -0.39 is 0 Å². The SMILES string of the molecule is CCc1nn(C)c(NC(C)CC(N)=O)c1N. The fourth-order valence-corrected chi connectivity index (χ4v) is 1.61. The molecule has 1 aromatic rings. The number of carbonyl (C=O) groups excluding carboxylic acids is 1. The lowest BCUT2D eigenvalue weighted by Gasteiger charge is -2.14. The summed E-state index contributed by atoms with van der Waals surface area (Å²) in [6, 6.07) is -0.0556. The van der Waals surface area contributed by atoms with Crippen molar-refractivity contribution in [1.29, 1.82) is 0 Å². The van der Waals surface area contributed by atoms with Crippen molar-refractivity contribution in [1.82, 2.24) is 9.78 Å². The van der Waals surface area contributed by atoms with Gasteiger partial charge >= 0.3 is 0 Å². The summed E-state index contributed by atoms with van der Waals surface area (Å²) in [5.41, 5.74) is 12.6. The van der Waals surface area contributed by atoms with Crippen LogP contribution in [0.2, 0.25) is 0 Å². The third-order valence-corrected chi connectivity index (χ3v) is 2.39. The molecule has 0 aliphatic rings. The Kier molecular flexibility index (Phi) is 3.76. The zero-order chi connectivity index (χ0) is 12.3. The first-order valence-electron chi connectivity index (χ1n) is 5.31. The van der Waals surface area contributed by atoms with Crippen LogP contribution in [0.1, 0.15) is 26.0 Å². The predicted molar refractivity (Wildman–Crippen MR) is 63.9 cm³/mol. The van der Waals surface area contributed by atoms with Crippen LogP contribution in [0.15, 0.2) is 0 Å². The normalized spacial score (nSPS) is 12.4. The van der Waals surface area contributed by atoms with E-state index in [9.17, 15) is 4.79 Å². The lowest BCUT2D eigenvalue weighted by Crippen LogP contribution is -2.25. The summed E-state index contributed by atoms with van der Waals surface area (Å²) in [4.78, 5) is 10.8. The van der Waals surface area contributed by atoms with E-state index in [1.807, 2.05) is 20.9 Å². The van der Waals surface area contributed by atoms with E-state index in [0.717, 1.165) is 17.9 Å². The van der Waals surface area contributed by atoms with E-state index >= 15 is 0 Å². The molecular weight excluding hydrogens is 206 g/mol. The molecule has 0 spiro atoms. The molecule has 5 N–H and O–H groups in total. The predicted octanol–water partition coefficient (Wildman–Crippen LogP) is 0.241. The summed E-state index contributed by atoms with van der Waals surface area (Å²) in [6.07, 6.45) is 1.05. The quantitative estimate of drug-likeness (QED) is 0.668. The van der Waals surface area contributed by atoms with Gasteiger partial charge in [0.15, 0.2) is 0 Å². The number of aromatic nitrogens is 2. The Hall–Kier alpha value is -1.72. The van der Waals surface area contributed by atoms with Crippen molar-refractivity contribution in [2.24, 2.45) is 12.8 Å². The van der Waals surface area contributed by atoms with Crippen LogP contribution < -0.4 is 16.8 Å². The van der Waals surface area contributed by atoms with Gasteiger partial charge < -0.3 is 16.8 Å². The van der Waals surface area contributed by atoms with Crippen LogP contribution in [-0.2, 0) is 18.3 Å². The molecule has 6 heteroatoms. The Morgan fingerprint density at radius 2 is 2.25 bits per heavy atom. The van der Waals surface area contributed by atoms with Gasteiger partial charge in [-0.1, -0.05) is 6.92 Å². The number of aryl methyl sites for hydroxylation is 2. The van der Waals surface area contributed by atoms with E-state index in [1.54, 1.807) is 4.68 Å². The van der Waals surface area contributed by atoms with Crippen molar-refractivity contribution in [3.63, 3.8) is 0 Å². The van der Waals surface area contributed by atoms with Gasteiger partial charge in [0.05, 0.1) is 11.4 Å². The Labute approximate surface area is 95.0 Å². The minimum atomic E-state index is -0.337. The second-order valence-electron chi connectivity index (χ2n) is 3.90. The average molecular weight is 225 g/mol. The molecule has 16 heavy (non-hydrogen) atoms. The second-order valence-corrected chi connectivity index (χ2v) is 3.90. The highest BCUT2D eigenvalue weighted by molar-refractivity contribution is 5.75. The maximum atomic E-state index is 10.8. The first-order valence-corrected chi connectivity index (χ1v) is 5.31. The highest BCUT2D eigenvalue weighted by Gasteiger charge is 2.14. The van der Waals surface area contributed by atoms with Crippen molar-refractivity contribution in [3.05, 3.63) is 5.69 Å². The number of primary amides is 1. The van der Waals surface area contributed by atoms with Crippen molar-refractivity contribution in [2.45, 2.75) is 32.7 Å². The van der Waals surface area contributed by atoms with Crippen LogP contribution in [0.5, 0.6) is 0 Å². The maximum Gasteiger partial charge on any atom is 0.219 e. The van der Waals surface area contributed by atoms with Crippen molar-refractivity contribution in [3.8, 4) is 0 Å². The lowest BCUT2D eigenvalue weighted by atomic mass is 10.2. The molecule has 0 fully saturated rings. The average Bonchev–Trinajstić information content (AvgIpc) is 2.44. The minimum Gasteiger partial charge on any atom is -0.394 e. The van der Waals surface area contributed by atoms with Gasteiger partial charge in [-0.2, -0.15) is 5.10 Å². The van der Waals surface area contributed by atoms with E-state index in [-0.39, 0.29) is 18.4 Å². The molecule has 0 bridgehead atoms. The maximum absolute atomic E-state index is 10.8.